The first-order chi connectivity index (χ1) is 11.0. The van der Waals surface area contributed by atoms with Gasteiger partial charge in [0.25, 0.3) is 0 Å². The summed E-state index contributed by atoms with van der Waals surface area (Å²) in [6.07, 6.45) is 1.76. The smallest absolute Gasteiger partial charge is 0.132 e. The molecular weight excluding hydrogens is 290 g/mol. The molecule has 0 radical (unpaired) electrons. The van der Waals surface area contributed by atoms with Gasteiger partial charge in [-0.15, -0.1) is 0 Å². The molecule has 1 aliphatic rings. The molecule has 3 heterocycles. The van der Waals surface area contributed by atoms with Crippen LogP contribution in [-0.2, 0) is 4.74 Å². The molecule has 2 aromatic rings. The Morgan fingerprint density at radius 1 is 1.22 bits per heavy atom. The van der Waals surface area contributed by atoms with Crippen LogP contribution in [0, 0.1) is 13.8 Å². The fourth-order valence-electron chi connectivity index (χ4n) is 2.75. The van der Waals surface area contributed by atoms with Crippen molar-refractivity contribution in [2.24, 2.45) is 0 Å². The van der Waals surface area contributed by atoms with Gasteiger partial charge >= 0.3 is 0 Å². The highest BCUT2D eigenvalue weighted by atomic mass is 16.5. The lowest BCUT2D eigenvalue weighted by molar-refractivity contribution is 0.0367. The second-order valence-corrected chi connectivity index (χ2v) is 6.05. The number of aromatic nitrogens is 3. The number of hydrogen-bond donors (Lipinski definition) is 0. The number of morpholine rings is 1. The molecule has 1 fully saturated rings. The fourth-order valence-corrected chi connectivity index (χ4v) is 2.75. The fraction of sp³-hybridized carbons (Fsp3) is 0.471. The van der Waals surface area contributed by atoms with Crippen LogP contribution in [0.1, 0.15) is 23.3 Å². The summed E-state index contributed by atoms with van der Waals surface area (Å²) in [7, 11) is 4.08. The van der Waals surface area contributed by atoms with E-state index in [-0.39, 0.29) is 6.10 Å². The molecule has 0 saturated carbocycles. The third-order valence-corrected chi connectivity index (χ3v) is 3.96. The van der Waals surface area contributed by atoms with Crippen molar-refractivity contribution in [2.75, 3.05) is 43.6 Å². The van der Waals surface area contributed by atoms with Crippen LogP contribution < -0.4 is 9.80 Å². The quantitative estimate of drug-likeness (QED) is 0.865. The van der Waals surface area contributed by atoms with Gasteiger partial charge in [0.2, 0.25) is 0 Å². The number of anilines is 2. The minimum absolute atomic E-state index is 0.0439. The van der Waals surface area contributed by atoms with E-state index in [0.717, 1.165) is 41.8 Å². The maximum atomic E-state index is 5.97. The van der Waals surface area contributed by atoms with Gasteiger partial charge in [-0.1, -0.05) is 0 Å². The molecule has 1 aliphatic heterocycles. The van der Waals surface area contributed by atoms with Gasteiger partial charge in [-0.05, 0) is 32.0 Å². The van der Waals surface area contributed by atoms with Gasteiger partial charge in [0, 0.05) is 38.2 Å². The number of hydrogen-bond acceptors (Lipinski definition) is 6. The molecule has 3 rings (SSSR count). The molecule has 1 atom stereocenters. The first-order valence-electron chi connectivity index (χ1n) is 7.85. The summed E-state index contributed by atoms with van der Waals surface area (Å²) < 4.78 is 5.97. The van der Waals surface area contributed by atoms with Gasteiger partial charge in [-0.3, -0.25) is 4.98 Å². The summed E-state index contributed by atoms with van der Waals surface area (Å²) in [6.45, 7) is 6.18. The maximum Gasteiger partial charge on any atom is 0.132 e. The lowest BCUT2D eigenvalue weighted by Crippen LogP contribution is -2.39. The van der Waals surface area contributed by atoms with Crippen molar-refractivity contribution >= 4 is 11.5 Å². The van der Waals surface area contributed by atoms with Crippen molar-refractivity contribution in [1.29, 1.82) is 0 Å². The van der Waals surface area contributed by atoms with Crippen molar-refractivity contribution in [3.63, 3.8) is 0 Å². The van der Waals surface area contributed by atoms with Crippen LogP contribution >= 0.6 is 0 Å². The van der Waals surface area contributed by atoms with E-state index in [0.29, 0.717) is 6.61 Å². The molecule has 23 heavy (non-hydrogen) atoms. The second kappa shape index (κ2) is 6.50. The minimum atomic E-state index is -0.0439. The van der Waals surface area contributed by atoms with Crippen molar-refractivity contribution in [3.8, 4) is 0 Å². The van der Waals surface area contributed by atoms with E-state index in [9.17, 15) is 0 Å². The van der Waals surface area contributed by atoms with E-state index in [1.807, 2.05) is 34.0 Å². The van der Waals surface area contributed by atoms with Gasteiger partial charge in [0.1, 0.15) is 17.7 Å². The van der Waals surface area contributed by atoms with Crippen LogP contribution in [0.4, 0.5) is 11.5 Å². The summed E-state index contributed by atoms with van der Waals surface area (Å²) in [5, 5.41) is 0. The Hall–Kier alpha value is -2.21. The predicted octanol–water partition coefficient (Wildman–Crippen LogP) is 2.13. The molecule has 0 bridgehead atoms. The van der Waals surface area contributed by atoms with Crippen LogP contribution in [0.2, 0.25) is 0 Å². The SMILES string of the molecule is Cc1cc(N(C)C)cc([C@H]2CN(c3ccnc(C)n3)CCO2)n1. The molecule has 0 amide bonds. The van der Waals surface area contributed by atoms with Crippen molar-refractivity contribution in [2.45, 2.75) is 20.0 Å². The summed E-state index contributed by atoms with van der Waals surface area (Å²) in [5.74, 6) is 1.74. The van der Waals surface area contributed by atoms with E-state index in [1.54, 1.807) is 6.20 Å². The highest BCUT2D eigenvalue weighted by Crippen LogP contribution is 2.26. The van der Waals surface area contributed by atoms with Gasteiger partial charge < -0.3 is 14.5 Å². The maximum absolute atomic E-state index is 5.97. The molecular formula is C17H23N5O. The summed E-state index contributed by atoms with van der Waals surface area (Å²) in [5.41, 5.74) is 3.13. The van der Waals surface area contributed by atoms with Crippen LogP contribution in [0.3, 0.4) is 0 Å². The zero-order valence-electron chi connectivity index (χ0n) is 14.2. The predicted molar refractivity (Wildman–Crippen MR) is 91.0 cm³/mol. The number of aryl methyl sites for hydroxylation is 2. The Morgan fingerprint density at radius 3 is 2.78 bits per heavy atom. The zero-order valence-corrected chi connectivity index (χ0v) is 14.2. The zero-order chi connectivity index (χ0) is 16.4. The van der Waals surface area contributed by atoms with Gasteiger partial charge in [-0.25, -0.2) is 9.97 Å². The van der Waals surface area contributed by atoms with Gasteiger partial charge in [0.15, 0.2) is 0 Å². The first-order valence-corrected chi connectivity index (χ1v) is 7.85. The summed E-state index contributed by atoms with van der Waals surface area (Å²) in [6, 6.07) is 6.13. The lowest BCUT2D eigenvalue weighted by Gasteiger charge is -2.33. The number of pyridine rings is 1. The molecule has 0 unspecified atom stereocenters. The average molecular weight is 313 g/mol. The van der Waals surface area contributed by atoms with Crippen molar-refractivity contribution in [1.82, 2.24) is 15.0 Å². The Morgan fingerprint density at radius 2 is 2.04 bits per heavy atom. The van der Waals surface area contributed by atoms with Crippen LogP contribution in [0.25, 0.3) is 0 Å². The third-order valence-electron chi connectivity index (χ3n) is 3.96. The van der Waals surface area contributed by atoms with E-state index in [4.69, 9.17) is 4.74 Å². The molecule has 1 saturated heterocycles. The number of ether oxygens (including phenoxy) is 1. The molecule has 122 valence electrons. The van der Waals surface area contributed by atoms with Crippen LogP contribution in [0.15, 0.2) is 24.4 Å². The molecule has 0 aliphatic carbocycles. The van der Waals surface area contributed by atoms with E-state index < -0.39 is 0 Å². The largest absolute Gasteiger partial charge is 0.378 e. The molecule has 0 N–H and O–H groups in total. The Bertz CT molecular complexity index is 688. The van der Waals surface area contributed by atoms with Crippen molar-refractivity contribution < 1.29 is 4.74 Å². The van der Waals surface area contributed by atoms with Crippen molar-refractivity contribution in [3.05, 3.63) is 41.6 Å². The topological polar surface area (TPSA) is 54.4 Å². The highest BCUT2D eigenvalue weighted by molar-refractivity contribution is 5.48. The minimum Gasteiger partial charge on any atom is -0.378 e. The van der Waals surface area contributed by atoms with Gasteiger partial charge in [-0.2, -0.15) is 0 Å². The molecule has 6 nitrogen and oxygen atoms in total. The highest BCUT2D eigenvalue weighted by Gasteiger charge is 2.24. The average Bonchev–Trinajstić information content (AvgIpc) is 2.54. The van der Waals surface area contributed by atoms with E-state index in [1.165, 1.54) is 0 Å². The monoisotopic (exact) mass is 313 g/mol. The third kappa shape index (κ3) is 3.59. The molecule has 0 spiro atoms. The van der Waals surface area contributed by atoms with Crippen LogP contribution in [0.5, 0.6) is 0 Å². The molecule has 2 aromatic heterocycles. The normalized spacial score (nSPS) is 18.1. The lowest BCUT2D eigenvalue weighted by atomic mass is 10.1. The first kappa shape index (κ1) is 15.7. The van der Waals surface area contributed by atoms with Gasteiger partial charge in [0.05, 0.1) is 18.8 Å². The van der Waals surface area contributed by atoms with E-state index in [2.05, 4.69) is 36.9 Å². The van der Waals surface area contributed by atoms with E-state index >= 15 is 0 Å². The Kier molecular flexibility index (Phi) is 4.43. The Labute approximate surface area is 137 Å². The standard InChI is InChI=1S/C17H23N5O/c1-12-9-14(21(3)4)10-15(19-12)16-11-22(7-8-23-16)17-5-6-18-13(2)20-17/h5-6,9-10,16H,7-8,11H2,1-4H3/t16-/m1/s1. The number of rotatable bonds is 3. The Balaban J connectivity index is 1.84. The molecule has 0 aromatic carbocycles. The number of nitrogens with zero attached hydrogens (tertiary/aromatic N) is 5. The summed E-state index contributed by atoms with van der Waals surface area (Å²) >= 11 is 0. The molecule has 6 heteroatoms. The second-order valence-electron chi connectivity index (χ2n) is 6.05. The summed E-state index contributed by atoms with van der Waals surface area (Å²) in [4.78, 5) is 17.7. The van der Waals surface area contributed by atoms with Crippen LogP contribution in [-0.4, -0.2) is 48.7 Å².